The topological polar surface area (TPSA) is 80.0 Å². The molecule has 1 aromatic heterocycles. The molecule has 1 amide bonds. The number of nitrogens with zero attached hydrogens (tertiary/aromatic N) is 1. The number of carbonyl (C=O) groups excluding carboxylic acids is 1. The summed E-state index contributed by atoms with van der Waals surface area (Å²) in [5.41, 5.74) is 4.49. The van der Waals surface area contributed by atoms with Gasteiger partial charge in [0.25, 0.3) is 5.91 Å². The first-order chi connectivity index (χ1) is 9.52. The van der Waals surface area contributed by atoms with Gasteiger partial charge in [-0.2, -0.15) is 0 Å². The predicted molar refractivity (Wildman–Crippen MR) is 86.6 cm³/mol. The third-order valence-electron chi connectivity index (χ3n) is 2.68. The van der Waals surface area contributed by atoms with Crippen LogP contribution in [-0.4, -0.2) is 10.9 Å². The number of anilines is 2. The van der Waals surface area contributed by atoms with Gasteiger partial charge in [0.15, 0.2) is 5.82 Å². The van der Waals surface area contributed by atoms with Crippen LogP contribution in [0.15, 0.2) is 39.4 Å². The van der Waals surface area contributed by atoms with E-state index in [1.54, 1.807) is 12.3 Å². The van der Waals surface area contributed by atoms with Gasteiger partial charge in [0.1, 0.15) is 0 Å². The fourth-order valence-electron chi connectivity index (χ4n) is 1.66. The second kappa shape index (κ2) is 6.34. The van der Waals surface area contributed by atoms with E-state index >= 15 is 0 Å². The van der Waals surface area contributed by atoms with Gasteiger partial charge in [-0.25, -0.2) is 10.8 Å². The normalized spacial score (nSPS) is 10.2. The average Bonchev–Trinajstić information content (AvgIpc) is 2.43. The Labute approximate surface area is 133 Å². The molecule has 0 aliphatic heterocycles. The van der Waals surface area contributed by atoms with Crippen LogP contribution in [0.2, 0.25) is 0 Å². The summed E-state index contributed by atoms with van der Waals surface area (Å²) in [7, 11) is 0. The molecule has 1 aromatic carbocycles. The monoisotopic (exact) mass is 398 g/mol. The van der Waals surface area contributed by atoms with Gasteiger partial charge in [0, 0.05) is 15.1 Å². The number of aryl methyl sites for hydroxylation is 1. The molecular formula is C13H12Br2N4O. The maximum absolute atomic E-state index is 12.3. The summed E-state index contributed by atoms with van der Waals surface area (Å²) < 4.78 is 1.54. The van der Waals surface area contributed by atoms with E-state index in [0.717, 1.165) is 10.0 Å². The highest BCUT2D eigenvalue weighted by molar-refractivity contribution is 9.11. The van der Waals surface area contributed by atoms with Crippen LogP contribution in [0.3, 0.4) is 0 Å². The Morgan fingerprint density at radius 2 is 2.10 bits per heavy atom. The number of nitrogen functional groups attached to an aromatic ring is 1. The van der Waals surface area contributed by atoms with Crippen molar-refractivity contribution in [3.63, 3.8) is 0 Å². The van der Waals surface area contributed by atoms with E-state index in [2.05, 4.69) is 47.6 Å². The van der Waals surface area contributed by atoms with E-state index in [1.807, 2.05) is 25.1 Å². The standard InChI is InChI=1S/C13H12Br2N4O/c1-7-3-2-4-10(11(7)15)18-13(20)9-5-8(14)6-17-12(9)19-16/h2-6H,16H2,1H3,(H,17,19)(H,18,20). The van der Waals surface area contributed by atoms with Crippen molar-refractivity contribution in [2.45, 2.75) is 6.92 Å². The number of hydrogen-bond donors (Lipinski definition) is 3. The quantitative estimate of drug-likeness (QED) is 0.545. The number of pyridine rings is 1. The Hall–Kier alpha value is -1.44. The highest BCUT2D eigenvalue weighted by atomic mass is 79.9. The summed E-state index contributed by atoms with van der Waals surface area (Å²) in [6, 6.07) is 7.29. The molecule has 2 aromatic rings. The Bertz CT molecular complexity index is 661. The van der Waals surface area contributed by atoms with E-state index in [-0.39, 0.29) is 5.91 Å². The van der Waals surface area contributed by atoms with Gasteiger partial charge in [-0.15, -0.1) is 0 Å². The van der Waals surface area contributed by atoms with Crippen LogP contribution in [0.25, 0.3) is 0 Å². The lowest BCUT2D eigenvalue weighted by Gasteiger charge is -2.11. The fourth-order valence-corrected chi connectivity index (χ4v) is 2.36. The number of hydrazine groups is 1. The molecular weight excluding hydrogens is 388 g/mol. The first-order valence-electron chi connectivity index (χ1n) is 5.71. The molecule has 0 bridgehead atoms. The fraction of sp³-hybridized carbons (Fsp3) is 0.0769. The number of rotatable bonds is 3. The maximum atomic E-state index is 12.3. The van der Waals surface area contributed by atoms with E-state index in [9.17, 15) is 4.79 Å². The lowest BCUT2D eigenvalue weighted by atomic mass is 10.2. The van der Waals surface area contributed by atoms with E-state index < -0.39 is 0 Å². The zero-order valence-electron chi connectivity index (χ0n) is 10.6. The molecule has 5 nitrogen and oxygen atoms in total. The predicted octanol–water partition coefficient (Wildman–Crippen LogP) is 3.45. The van der Waals surface area contributed by atoms with Crippen LogP contribution in [0.5, 0.6) is 0 Å². The minimum absolute atomic E-state index is 0.293. The van der Waals surface area contributed by atoms with Gasteiger partial charge in [-0.1, -0.05) is 12.1 Å². The van der Waals surface area contributed by atoms with Gasteiger partial charge in [-0.05, 0) is 56.5 Å². The van der Waals surface area contributed by atoms with E-state index in [0.29, 0.717) is 21.5 Å². The second-order valence-corrected chi connectivity index (χ2v) is 5.79. The van der Waals surface area contributed by atoms with Crippen molar-refractivity contribution in [3.05, 3.63) is 50.5 Å². The maximum Gasteiger partial charge on any atom is 0.259 e. The SMILES string of the molecule is Cc1cccc(NC(=O)c2cc(Br)cnc2NN)c1Br. The molecule has 0 spiro atoms. The molecule has 0 unspecified atom stereocenters. The molecule has 0 aliphatic rings. The Kier molecular flexibility index (Phi) is 4.74. The largest absolute Gasteiger partial charge is 0.321 e. The van der Waals surface area contributed by atoms with Crippen molar-refractivity contribution in [2.24, 2.45) is 5.84 Å². The molecule has 20 heavy (non-hydrogen) atoms. The highest BCUT2D eigenvalue weighted by Crippen LogP contribution is 2.27. The smallest absolute Gasteiger partial charge is 0.259 e. The van der Waals surface area contributed by atoms with Crippen molar-refractivity contribution < 1.29 is 4.79 Å². The van der Waals surface area contributed by atoms with Crippen LogP contribution in [0, 0.1) is 6.92 Å². The summed E-state index contributed by atoms with van der Waals surface area (Å²) in [6.07, 6.45) is 1.56. The molecule has 7 heteroatoms. The van der Waals surface area contributed by atoms with Crippen molar-refractivity contribution in [2.75, 3.05) is 10.7 Å². The number of nitrogens with two attached hydrogens (primary N) is 1. The van der Waals surface area contributed by atoms with E-state index in [1.165, 1.54) is 0 Å². The second-order valence-electron chi connectivity index (χ2n) is 4.08. The highest BCUT2D eigenvalue weighted by Gasteiger charge is 2.14. The molecule has 0 fully saturated rings. The lowest BCUT2D eigenvalue weighted by molar-refractivity contribution is 0.102. The lowest BCUT2D eigenvalue weighted by Crippen LogP contribution is -2.18. The third-order valence-corrected chi connectivity index (χ3v) is 4.16. The molecule has 1 heterocycles. The van der Waals surface area contributed by atoms with Crippen LogP contribution in [-0.2, 0) is 0 Å². The van der Waals surface area contributed by atoms with E-state index in [4.69, 9.17) is 5.84 Å². The van der Waals surface area contributed by atoms with Crippen LogP contribution in [0.1, 0.15) is 15.9 Å². The van der Waals surface area contributed by atoms with Gasteiger partial charge >= 0.3 is 0 Å². The summed E-state index contributed by atoms with van der Waals surface area (Å²) in [6.45, 7) is 1.95. The number of aromatic nitrogens is 1. The molecule has 4 N–H and O–H groups in total. The van der Waals surface area contributed by atoms with Crippen molar-refractivity contribution in [1.82, 2.24) is 4.98 Å². The molecule has 104 valence electrons. The minimum atomic E-state index is -0.293. The van der Waals surface area contributed by atoms with Crippen LogP contribution >= 0.6 is 31.9 Å². The number of halogens is 2. The Morgan fingerprint density at radius 1 is 1.35 bits per heavy atom. The molecule has 0 aliphatic carbocycles. The van der Waals surface area contributed by atoms with Gasteiger partial charge in [-0.3, -0.25) is 4.79 Å². The molecule has 0 saturated carbocycles. The van der Waals surface area contributed by atoms with Crippen LogP contribution in [0.4, 0.5) is 11.5 Å². The number of amides is 1. The first kappa shape index (κ1) is 15.0. The number of nitrogens with one attached hydrogen (secondary N) is 2. The van der Waals surface area contributed by atoms with Crippen molar-refractivity contribution >= 4 is 49.3 Å². The number of hydrogen-bond acceptors (Lipinski definition) is 4. The Morgan fingerprint density at radius 3 is 2.80 bits per heavy atom. The van der Waals surface area contributed by atoms with Gasteiger partial charge in [0.2, 0.25) is 0 Å². The molecule has 2 rings (SSSR count). The third kappa shape index (κ3) is 3.17. The zero-order valence-corrected chi connectivity index (χ0v) is 13.7. The van der Waals surface area contributed by atoms with Gasteiger partial charge in [0.05, 0.1) is 11.3 Å². The van der Waals surface area contributed by atoms with Gasteiger partial charge < -0.3 is 10.7 Å². The van der Waals surface area contributed by atoms with Crippen molar-refractivity contribution in [3.8, 4) is 0 Å². The minimum Gasteiger partial charge on any atom is -0.321 e. The Balaban J connectivity index is 2.33. The average molecular weight is 400 g/mol. The number of benzene rings is 1. The summed E-state index contributed by atoms with van der Waals surface area (Å²) in [5, 5.41) is 2.83. The zero-order chi connectivity index (χ0) is 14.7. The van der Waals surface area contributed by atoms with Crippen LogP contribution < -0.4 is 16.6 Å². The molecule has 0 saturated heterocycles. The van der Waals surface area contributed by atoms with Crippen molar-refractivity contribution in [1.29, 1.82) is 0 Å². The summed E-state index contributed by atoms with van der Waals surface area (Å²) in [5.74, 6) is 5.39. The number of carbonyl (C=O) groups is 1. The summed E-state index contributed by atoms with van der Waals surface area (Å²) >= 11 is 6.74. The molecule has 0 atom stereocenters. The molecule has 0 radical (unpaired) electrons. The first-order valence-corrected chi connectivity index (χ1v) is 7.30. The summed E-state index contributed by atoms with van der Waals surface area (Å²) in [4.78, 5) is 16.4.